The number of amides is 2. The lowest BCUT2D eigenvalue weighted by Crippen LogP contribution is -2.36. The van der Waals surface area contributed by atoms with E-state index in [1.165, 1.54) is 5.01 Å². The Balaban J connectivity index is 1.78. The molecule has 7 nitrogen and oxygen atoms in total. The topological polar surface area (TPSA) is 80.2 Å². The van der Waals surface area contributed by atoms with Gasteiger partial charge in [-0.1, -0.05) is 32.4 Å². The molecule has 0 aliphatic carbocycles. The zero-order chi connectivity index (χ0) is 23.8. The van der Waals surface area contributed by atoms with Crippen molar-refractivity contribution in [2.24, 2.45) is 11.0 Å². The molecule has 0 saturated carbocycles. The summed E-state index contributed by atoms with van der Waals surface area (Å²) in [6, 6.07) is 13.3. The summed E-state index contributed by atoms with van der Waals surface area (Å²) in [5.74, 6) is 1.36. The molecule has 1 heterocycles. The van der Waals surface area contributed by atoms with Gasteiger partial charge in [-0.25, -0.2) is 5.01 Å². The van der Waals surface area contributed by atoms with E-state index < -0.39 is 0 Å². The fourth-order valence-electron chi connectivity index (χ4n) is 3.86. The average Bonchev–Trinajstić information content (AvgIpc) is 2.84. The van der Waals surface area contributed by atoms with E-state index in [0.717, 1.165) is 41.8 Å². The Bertz CT molecular complexity index is 1000. The fourth-order valence-corrected chi connectivity index (χ4v) is 3.86. The van der Waals surface area contributed by atoms with Crippen molar-refractivity contribution in [2.45, 2.75) is 52.5 Å². The number of rotatable bonds is 10. The summed E-state index contributed by atoms with van der Waals surface area (Å²) < 4.78 is 10.8. The van der Waals surface area contributed by atoms with Gasteiger partial charge >= 0.3 is 0 Å². The molecule has 176 valence electrons. The first-order valence-corrected chi connectivity index (χ1v) is 11.5. The number of ether oxygens (including phenoxy) is 2. The Morgan fingerprint density at radius 2 is 1.82 bits per heavy atom. The number of nitrogens with zero attached hydrogens (tertiary/aromatic N) is 2. The maximum atomic E-state index is 12.8. The summed E-state index contributed by atoms with van der Waals surface area (Å²) in [4.78, 5) is 24.7. The van der Waals surface area contributed by atoms with Crippen molar-refractivity contribution in [3.63, 3.8) is 0 Å². The van der Waals surface area contributed by atoms with Crippen LogP contribution in [0.4, 0.5) is 5.69 Å². The normalized spacial score (nSPS) is 15.8. The molecule has 7 heteroatoms. The van der Waals surface area contributed by atoms with Gasteiger partial charge in [0, 0.05) is 30.0 Å². The highest BCUT2D eigenvalue weighted by molar-refractivity contribution is 6.06. The van der Waals surface area contributed by atoms with Crippen LogP contribution in [0.1, 0.15) is 57.1 Å². The molecule has 33 heavy (non-hydrogen) atoms. The molecular weight excluding hydrogens is 418 g/mol. The largest absolute Gasteiger partial charge is 0.493 e. The summed E-state index contributed by atoms with van der Waals surface area (Å²) in [7, 11) is 3.21. The Morgan fingerprint density at radius 1 is 1.09 bits per heavy atom. The summed E-state index contributed by atoms with van der Waals surface area (Å²) in [5, 5.41) is 9.19. The second-order valence-corrected chi connectivity index (χ2v) is 8.16. The zero-order valence-electron chi connectivity index (χ0n) is 19.9. The third-order valence-corrected chi connectivity index (χ3v) is 5.82. The van der Waals surface area contributed by atoms with E-state index >= 15 is 0 Å². The number of nitrogens with one attached hydrogen (secondary N) is 1. The molecule has 2 amide bonds. The van der Waals surface area contributed by atoms with Crippen LogP contribution in [0.15, 0.2) is 47.6 Å². The zero-order valence-corrected chi connectivity index (χ0v) is 19.9. The van der Waals surface area contributed by atoms with Gasteiger partial charge < -0.3 is 14.8 Å². The molecule has 0 aromatic heterocycles. The van der Waals surface area contributed by atoms with Crippen molar-refractivity contribution in [1.29, 1.82) is 0 Å². The first-order chi connectivity index (χ1) is 16.0. The van der Waals surface area contributed by atoms with E-state index in [1.807, 2.05) is 42.5 Å². The van der Waals surface area contributed by atoms with Gasteiger partial charge in [0.1, 0.15) is 0 Å². The summed E-state index contributed by atoms with van der Waals surface area (Å²) in [6.45, 7) is 4.50. The number of hydrogen-bond acceptors (Lipinski definition) is 5. The number of methoxy groups -OCH3 is 2. The molecule has 1 atom stereocenters. The maximum absolute atomic E-state index is 12.8. The van der Waals surface area contributed by atoms with Crippen LogP contribution >= 0.6 is 0 Å². The number of anilines is 1. The molecule has 2 aromatic carbocycles. The fraction of sp³-hybridized carbons (Fsp3) is 0.423. The van der Waals surface area contributed by atoms with Gasteiger partial charge in [-0.2, -0.15) is 5.10 Å². The van der Waals surface area contributed by atoms with Gasteiger partial charge in [-0.15, -0.1) is 0 Å². The molecule has 3 rings (SSSR count). The molecule has 0 saturated heterocycles. The van der Waals surface area contributed by atoms with Crippen molar-refractivity contribution in [2.75, 3.05) is 19.5 Å². The molecule has 1 unspecified atom stereocenters. The van der Waals surface area contributed by atoms with Gasteiger partial charge in [-0.05, 0) is 48.7 Å². The Labute approximate surface area is 195 Å². The van der Waals surface area contributed by atoms with E-state index in [0.29, 0.717) is 30.9 Å². The minimum atomic E-state index is 0.00280. The van der Waals surface area contributed by atoms with E-state index in [4.69, 9.17) is 14.6 Å². The molecule has 1 N–H and O–H groups in total. The Kier molecular flexibility index (Phi) is 8.46. The first kappa shape index (κ1) is 24.3. The molecule has 1 aliphatic rings. The highest BCUT2D eigenvalue weighted by Crippen LogP contribution is 2.31. The second-order valence-electron chi connectivity index (χ2n) is 8.16. The molecule has 0 fully saturated rings. The van der Waals surface area contributed by atoms with Crippen LogP contribution in [0.2, 0.25) is 0 Å². The average molecular weight is 452 g/mol. The number of hydrazone groups is 1. The van der Waals surface area contributed by atoms with E-state index in [2.05, 4.69) is 19.2 Å². The summed E-state index contributed by atoms with van der Waals surface area (Å²) >= 11 is 0. The number of carbonyl (C=O) groups is 2. The van der Waals surface area contributed by atoms with Crippen LogP contribution in [0, 0.1) is 5.92 Å². The lowest BCUT2D eigenvalue weighted by molar-refractivity contribution is -0.133. The molecule has 0 spiro atoms. The van der Waals surface area contributed by atoms with Crippen molar-refractivity contribution >= 4 is 23.2 Å². The molecule has 0 bridgehead atoms. The van der Waals surface area contributed by atoms with Gasteiger partial charge in [0.25, 0.3) is 0 Å². The third-order valence-electron chi connectivity index (χ3n) is 5.82. The van der Waals surface area contributed by atoms with E-state index in [9.17, 15) is 9.59 Å². The van der Waals surface area contributed by atoms with Gasteiger partial charge in [0.05, 0.1) is 26.5 Å². The number of carbonyl (C=O) groups excluding carboxylic acids is 2. The smallest absolute Gasteiger partial charge is 0.243 e. The van der Waals surface area contributed by atoms with Crippen LogP contribution in [0.3, 0.4) is 0 Å². The molecular formula is C26H33N3O4. The third kappa shape index (κ3) is 6.12. The number of benzene rings is 2. The van der Waals surface area contributed by atoms with Gasteiger partial charge in [0.15, 0.2) is 11.5 Å². The van der Waals surface area contributed by atoms with Crippen LogP contribution in [-0.2, 0) is 16.1 Å². The van der Waals surface area contributed by atoms with E-state index in [1.54, 1.807) is 14.2 Å². The minimum Gasteiger partial charge on any atom is -0.493 e. The van der Waals surface area contributed by atoms with E-state index in [-0.39, 0.29) is 17.7 Å². The van der Waals surface area contributed by atoms with Crippen LogP contribution < -0.4 is 14.8 Å². The monoisotopic (exact) mass is 451 g/mol. The minimum absolute atomic E-state index is 0.00280. The lowest BCUT2D eigenvalue weighted by Gasteiger charge is -2.29. The van der Waals surface area contributed by atoms with Gasteiger partial charge in [-0.3, -0.25) is 9.59 Å². The van der Waals surface area contributed by atoms with Crippen molar-refractivity contribution in [3.05, 3.63) is 53.6 Å². The lowest BCUT2D eigenvalue weighted by atomic mass is 9.89. The highest BCUT2D eigenvalue weighted by Gasteiger charge is 2.29. The molecule has 2 aromatic rings. The number of unbranched alkanes of at least 4 members (excludes halogenated alkanes) is 1. The number of hydrogen-bond donors (Lipinski definition) is 1. The van der Waals surface area contributed by atoms with Crippen LogP contribution in [0.5, 0.6) is 11.5 Å². The van der Waals surface area contributed by atoms with Crippen molar-refractivity contribution < 1.29 is 19.1 Å². The van der Waals surface area contributed by atoms with Crippen molar-refractivity contribution in [3.8, 4) is 11.5 Å². The summed E-state index contributed by atoms with van der Waals surface area (Å²) in [5.41, 5.74) is 3.49. The quantitative estimate of drug-likeness (QED) is 0.552. The van der Waals surface area contributed by atoms with Crippen molar-refractivity contribution in [1.82, 2.24) is 5.01 Å². The SMILES string of the molecule is CCCCC(=O)Nc1ccc(CN2N=C(c3ccc(OC)c(OC)c3)C(CC)CC2=O)cc1. The van der Waals surface area contributed by atoms with Gasteiger partial charge in [0.2, 0.25) is 11.8 Å². The Hall–Kier alpha value is -3.35. The second kappa shape index (κ2) is 11.5. The predicted octanol–water partition coefficient (Wildman–Crippen LogP) is 5.00. The Morgan fingerprint density at radius 3 is 2.45 bits per heavy atom. The standard InChI is InChI=1S/C26H33N3O4/c1-5-7-8-24(30)27-21-12-9-18(10-13-21)17-29-25(31)16-19(6-2)26(28-29)20-11-14-22(32-3)23(15-20)33-4/h9-15,19H,5-8,16-17H2,1-4H3,(H,27,30). The predicted molar refractivity (Wildman–Crippen MR) is 130 cm³/mol. The molecule has 0 radical (unpaired) electrons. The summed E-state index contributed by atoms with van der Waals surface area (Å²) in [6.07, 6.45) is 3.61. The molecule has 1 aliphatic heterocycles. The first-order valence-electron chi connectivity index (χ1n) is 11.5. The van der Waals surface area contributed by atoms with Crippen LogP contribution in [-0.4, -0.2) is 36.8 Å². The maximum Gasteiger partial charge on any atom is 0.243 e. The highest BCUT2D eigenvalue weighted by atomic mass is 16.5. The van der Waals surface area contributed by atoms with Crippen LogP contribution in [0.25, 0.3) is 0 Å².